The first-order valence-electron chi connectivity index (χ1n) is 8.36. The second kappa shape index (κ2) is 11.5. The van der Waals surface area contributed by atoms with E-state index in [9.17, 15) is 0 Å². The van der Waals surface area contributed by atoms with Crippen LogP contribution in [0, 0.1) is 0 Å². The Balaban J connectivity index is 0.00000312. The Bertz CT molecular complexity index is 623. The van der Waals surface area contributed by atoms with E-state index in [2.05, 4.69) is 83.3 Å². The summed E-state index contributed by atoms with van der Waals surface area (Å²) < 4.78 is 0. The van der Waals surface area contributed by atoms with Crippen molar-refractivity contribution in [3.05, 3.63) is 57.8 Å². The molecule has 0 bridgehead atoms. The van der Waals surface area contributed by atoms with Crippen LogP contribution in [0.1, 0.15) is 29.0 Å². The molecule has 4 nitrogen and oxygen atoms in total. The maximum absolute atomic E-state index is 4.32. The van der Waals surface area contributed by atoms with Crippen LogP contribution in [0.2, 0.25) is 0 Å². The molecule has 0 spiro atoms. The highest BCUT2D eigenvalue weighted by Gasteiger charge is 2.14. The zero-order chi connectivity index (χ0) is 17.4. The molecule has 2 N–H and O–H groups in total. The van der Waals surface area contributed by atoms with Crippen LogP contribution >= 0.6 is 35.3 Å². The number of aliphatic imine (C=N–C) groups is 1. The minimum atomic E-state index is 0. The number of guanidine groups is 1. The van der Waals surface area contributed by atoms with Crippen molar-refractivity contribution in [2.24, 2.45) is 4.99 Å². The lowest BCUT2D eigenvalue weighted by Gasteiger charge is -2.26. The standard InChI is InChI=1S/C19H28N4S.HI/c1-5-15-8-10-16(11-9-15)18(23(3)4)14-22-19(20-2)21-13-17-7-6-12-24-17;/h6-12,18H,5,13-14H2,1-4H3,(H2,20,21,22);1H. The number of thiophene rings is 1. The second-order valence-corrected chi connectivity index (χ2v) is 6.99. The van der Waals surface area contributed by atoms with Crippen molar-refractivity contribution in [3.8, 4) is 0 Å². The van der Waals surface area contributed by atoms with E-state index in [-0.39, 0.29) is 24.0 Å². The zero-order valence-electron chi connectivity index (χ0n) is 15.5. The number of likely N-dealkylation sites (N-methyl/N-ethyl adjacent to an activating group) is 1. The lowest BCUT2D eigenvalue weighted by atomic mass is 10.0. The maximum atomic E-state index is 4.32. The van der Waals surface area contributed by atoms with Gasteiger partial charge in [-0.3, -0.25) is 4.99 Å². The lowest BCUT2D eigenvalue weighted by molar-refractivity contribution is 0.298. The van der Waals surface area contributed by atoms with Gasteiger partial charge in [0, 0.05) is 18.5 Å². The number of hydrogen-bond acceptors (Lipinski definition) is 3. The topological polar surface area (TPSA) is 39.7 Å². The first-order chi connectivity index (χ1) is 11.6. The fraction of sp³-hybridized carbons (Fsp3) is 0.421. The Morgan fingerprint density at radius 2 is 1.88 bits per heavy atom. The molecule has 0 radical (unpaired) electrons. The van der Waals surface area contributed by atoms with Gasteiger partial charge in [0.1, 0.15) is 0 Å². The molecule has 0 aliphatic heterocycles. The van der Waals surface area contributed by atoms with E-state index in [1.165, 1.54) is 16.0 Å². The van der Waals surface area contributed by atoms with Crippen molar-refractivity contribution in [1.29, 1.82) is 0 Å². The Morgan fingerprint density at radius 1 is 1.16 bits per heavy atom. The molecule has 0 amide bonds. The Hall–Kier alpha value is -1.12. The van der Waals surface area contributed by atoms with Crippen LogP contribution in [0.3, 0.4) is 0 Å². The van der Waals surface area contributed by atoms with Crippen LogP contribution < -0.4 is 10.6 Å². The minimum Gasteiger partial charge on any atom is -0.354 e. The number of aryl methyl sites for hydroxylation is 1. The molecule has 1 heterocycles. The predicted molar refractivity (Wildman–Crippen MR) is 120 cm³/mol. The highest BCUT2D eigenvalue weighted by atomic mass is 127. The minimum absolute atomic E-state index is 0. The molecular formula is C19H29IN4S. The summed E-state index contributed by atoms with van der Waals surface area (Å²) in [5, 5.41) is 8.90. The van der Waals surface area contributed by atoms with Crippen molar-refractivity contribution in [3.63, 3.8) is 0 Å². The normalized spacial score (nSPS) is 12.6. The molecule has 0 fully saturated rings. The molecule has 0 saturated heterocycles. The third kappa shape index (κ3) is 6.95. The van der Waals surface area contributed by atoms with Crippen molar-refractivity contribution >= 4 is 41.3 Å². The Kier molecular flexibility index (Phi) is 10.1. The Labute approximate surface area is 172 Å². The van der Waals surface area contributed by atoms with Gasteiger partial charge in [0.05, 0.1) is 12.6 Å². The number of benzene rings is 1. The summed E-state index contributed by atoms with van der Waals surface area (Å²) in [7, 11) is 6.04. The molecule has 1 atom stereocenters. The molecule has 0 saturated carbocycles. The molecular weight excluding hydrogens is 443 g/mol. The van der Waals surface area contributed by atoms with Gasteiger partial charge in [-0.2, -0.15) is 0 Å². The van der Waals surface area contributed by atoms with E-state index < -0.39 is 0 Å². The summed E-state index contributed by atoms with van der Waals surface area (Å²) in [5.74, 6) is 0.834. The van der Waals surface area contributed by atoms with E-state index >= 15 is 0 Å². The van der Waals surface area contributed by atoms with E-state index in [0.717, 1.165) is 25.5 Å². The number of halogens is 1. The molecule has 1 aromatic heterocycles. The molecule has 25 heavy (non-hydrogen) atoms. The number of nitrogens with one attached hydrogen (secondary N) is 2. The summed E-state index contributed by atoms with van der Waals surface area (Å²) in [6, 6.07) is 13.4. The van der Waals surface area contributed by atoms with Gasteiger partial charge in [-0.05, 0) is 43.1 Å². The van der Waals surface area contributed by atoms with Gasteiger partial charge in [0.25, 0.3) is 0 Å². The molecule has 2 aromatic rings. The van der Waals surface area contributed by atoms with E-state index in [1.807, 2.05) is 7.05 Å². The van der Waals surface area contributed by atoms with Gasteiger partial charge in [0.15, 0.2) is 5.96 Å². The van der Waals surface area contributed by atoms with Crippen LogP contribution in [-0.2, 0) is 13.0 Å². The monoisotopic (exact) mass is 472 g/mol. The average molecular weight is 472 g/mol. The largest absolute Gasteiger partial charge is 0.354 e. The van der Waals surface area contributed by atoms with Crippen LogP contribution in [0.25, 0.3) is 0 Å². The maximum Gasteiger partial charge on any atom is 0.191 e. The fourth-order valence-corrected chi connectivity index (χ4v) is 3.22. The van der Waals surface area contributed by atoms with Gasteiger partial charge in [-0.15, -0.1) is 35.3 Å². The molecule has 2 rings (SSSR count). The number of nitrogens with zero attached hydrogens (tertiary/aromatic N) is 2. The van der Waals surface area contributed by atoms with Gasteiger partial charge in [-0.25, -0.2) is 0 Å². The van der Waals surface area contributed by atoms with Crippen molar-refractivity contribution < 1.29 is 0 Å². The summed E-state index contributed by atoms with van der Waals surface area (Å²) in [6.45, 7) is 3.79. The third-order valence-electron chi connectivity index (χ3n) is 4.09. The molecule has 0 aliphatic rings. The SMILES string of the molecule is CCc1ccc(C(CNC(=NC)NCc2cccs2)N(C)C)cc1.I. The molecule has 1 unspecified atom stereocenters. The molecule has 6 heteroatoms. The molecule has 0 aliphatic carbocycles. The van der Waals surface area contributed by atoms with Gasteiger partial charge >= 0.3 is 0 Å². The smallest absolute Gasteiger partial charge is 0.191 e. The highest BCUT2D eigenvalue weighted by molar-refractivity contribution is 14.0. The van der Waals surface area contributed by atoms with Crippen molar-refractivity contribution in [1.82, 2.24) is 15.5 Å². The van der Waals surface area contributed by atoms with E-state index in [0.29, 0.717) is 6.04 Å². The van der Waals surface area contributed by atoms with Gasteiger partial charge in [-0.1, -0.05) is 37.3 Å². The first-order valence-corrected chi connectivity index (χ1v) is 9.24. The van der Waals surface area contributed by atoms with Crippen LogP contribution in [0.4, 0.5) is 0 Å². The van der Waals surface area contributed by atoms with Gasteiger partial charge in [0.2, 0.25) is 0 Å². The number of rotatable bonds is 7. The summed E-state index contributed by atoms with van der Waals surface area (Å²) in [6.07, 6.45) is 1.07. The Morgan fingerprint density at radius 3 is 2.40 bits per heavy atom. The fourth-order valence-electron chi connectivity index (χ4n) is 2.57. The van der Waals surface area contributed by atoms with Crippen LogP contribution in [-0.4, -0.2) is 38.5 Å². The summed E-state index contributed by atoms with van der Waals surface area (Å²) in [5.41, 5.74) is 2.69. The van der Waals surface area contributed by atoms with Crippen molar-refractivity contribution in [2.75, 3.05) is 27.7 Å². The zero-order valence-corrected chi connectivity index (χ0v) is 18.6. The molecule has 138 valence electrons. The van der Waals surface area contributed by atoms with Crippen LogP contribution in [0.15, 0.2) is 46.8 Å². The van der Waals surface area contributed by atoms with Crippen LogP contribution in [0.5, 0.6) is 0 Å². The first kappa shape index (κ1) is 21.9. The average Bonchev–Trinajstić information content (AvgIpc) is 3.11. The predicted octanol–water partition coefficient (Wildman–Crippen LogP) is 3.90. The van der Waals surface area contributed by atoms with Crippen molar-refractivity contribution in [2.45, 2.75) is 25.9 Å². The summed E-state index contributed by atoms with van der Waals surface area (Å²) >= 11 is 1.75. The number of hydrogen-bond donors (Lipinski definition) is 2. The second-order valence-electron chi connectivity index (χ2n) is 5.96. The quantitative estimate of drug-likeness (QED) is 0.365. The highest BCUT2D eigenvalue weighted by Crippen LogP contribution is 2.18. The van der Waals surface area contributed by atoms with E-state index in [1.54, 1.807) is 11.3 Å². The molecule has 1 aromatic carbocycles. The van der Waals surface area contributed by atoms with Gasteiger partial charge < -0.3 is 15.5 Å². The van der Waals surface area contributed by atoms with E-state index in [4.69, 9.17) is 0 Å². The lowest BCUT2D eigenvalue weighted by Crippen LogP contribution is -2.41. The summed E-state index contributed by atoms with van der Waals surface area (Å²) in [4.78, 5) is 7.86. The third-order valence-corrected chi connectivity index (χ3v) is 4.97.